The van der Waals surface area contributed by atoms with Crippen molar-refractivity contribution < 1.29 is 4.79 Å². The molecule has 2 aromatic carbocycles. The molecule has 0 saturated heterocycles. The summed E-state index contributed by atoms with van der Waals surface area (Å²) in [7, 11) is 1.83. The number of hydrogen-bond donors (Lipinski definition) is 1. The smallest absolute Gasteiger partial charge is 0.227 e. The lowest BCUT2D eigenvalue weighted by Crippen LogP contribution is -2.31. The molecular weight excluding hydrogens is 248 g/mol. The number of benzene rings is 2. The molecule has 0 aliphatic rings. The number of para-hydroxylation sites is 1. The Kier molecular flexibility index (Phi) is 4.41. The molecule has 0 radical (unpaired) electrons. The van der Waals surface area contributed by atoms with E-state index in [0.29, 0.717) is 12.1 Å². The summed E-state index contributed by atoms with van der Waals surface area (Å²) < 4.78 is 0. The SMILES string of the molecule is CC(c1ccccc1)N(C)C(=O)Cc1ccccc1N. The minimum absolute atomic E-state index is 0.0497. The molecular formula is C17H20N2O. The summed E-state index contributed by atoms with van der Waals surface area (Å²) in [6.45, 7) is 2.03. The monoisotopic (exact) mass is 268 g/mol. The second kappa shape index (κ2) is 6.24. The van der Waals surface area contributed by atoms with Gasteiger partial charge in [0.1, 0.15) is 0 Å². The van der Waals surface area contributed by atoms with Gasteiger partial charge in [0.25, 0.3) is 0 Å². The van der Waals surface area contributed by atoms with Gasteiger partial charge in [-0.2, -0.15) is 0 Å². The van der Waals surface area contributed by atoms with E-state index in [0.717, 1.165) is 11.1 Å². The summed E-state index contributed by atoms with van der Waals surface area (Å²) in [5.74, 6) is 0.0688. The van der Waals surface area contributed by atoms with E-state index in [4.69, 9.17) is 5.73 Å². The molecule has 0 aliphatic carbocycles. The lowest BCUT2D eigenvalue weighted by Gasteiger charge is -2.25. The largest absolute Gasteiger partial charge is 0.398 e. The average Bonchev–Trinajstić information content (AvgIpc) is 2.49. The average molecular weight is 268 g/mol. The number of carbonyl (C=O) groups is 1. The predicted molar refractivity (Wildman–Crippen MR) is 82.2 cm³/mol. The van der Waals surface area contributed by atoms with Gasteiger partial charge in [0.05, 0.1) is 12.5 Å². The lowest BCUT2D eigenvalue weighted by atomic mass is 10.1. The van der Waals surface area contributed by atoms with E-state index in [1.54, 1.807) is 4.90 Å². The molecule has 0 heterocycles. The van der Waals surface area contributed by atoms with Crippen LogP contribution >= 0.6 is 0 Å². The van der Waals surface area contributed by atoms with Crippen LogP contribution in [0.5, 0.6) is 0 Å². The molecule has 0 fully saturated rings. The molecule has 104 valence electrons. The van der Waals surface area contributed by atoms with Crippen molar-refractivity contribution in [1.82, 2.24) is 4.90 Å². The van der Waals surface area contributed by atoms with Crippen LogP contribution in [-0.4, -0.2) is 17.9 Å². The van der Waals surface area contributed by atoms with Gasteiger partial charge in [-0.3, -0.25) is 4.79 Å². The maximum Gasteiger partial charge on any atom is 0.227 e. The normalized spacial score (nSPS) is 11.9. The lowest BCUT2D eigenvalue weighted by molar-refractivity contribution is -0.131. The van der Waals surface area contributed by atoms with Crippen LogP contribution in [0.3, 0.4) is 0 Å². The van der Waals surface area contributed by atoms with Crippen LogP contribution in [0.25, 0.3) is 0 Å². The zero-order valence-corrected chi connectivity index (χ0v) is 11.9. The van der Waals surface area contributed by atoms with Gasteiger partial charge < -0.3 is 10.6 Å². The number of likely N-dealkylation sites (N-methyl/N-ethyl adjacent to an activating group) is 1. The number of nitrogen functional groups attached to an aromatic ring is 1. The highest BCUT2D eigenvalue weighted by Gasteiger charge is 2.17. The van der Waals surface area contributed by atoms with Crippen LogP contribution in [0, 0.1) is 0 Å². The Labute approximate surface area is 120 Å². The van der Waals surface area contributed by atoms with Gasteiger partial charge in [-0.05, 0) is 24.1 Å². The van der Waals surface area contributed by atoms with Gasteiger partial charge in [-0.25, -0.2) is 0 Å². The van der Waals surface area contributed by atoms with Crippen molar-refractivity contribution in [2.24, 2.45) is 0 Å². The minimum Gasteiger partial charge on any atom is -0.398 e. The van der Waals surface area contributed by atoms with E-state index in [1.807, 2.05) is 68.6 Å². The van der Waals surface area contributed by atoms with Crippen LogP contribution < -0.4 is 5.73 Å². The number of nitrogens with two attached hydrogens (primary N) is 1. The Morgan fingerprint density at radius 1 is 1.10 bits per heavy atom. The van der Waals surface area contributed by atoms with E-state index in [1.165, 1.54) is 0 Å². The summed E-state index contributed by atoms with van der Waals surface area (Å²) in [5.41, 5.74) is 8.56. The Balaban J connectivity index is 2.08. The second-order valence-corrected chi connectivity index (χ2v) is 4.97. The fraction of sp³-hybridized carbons (Fsp3) is 0.235. The molecule has 0 saturated carbocycles. The van der Waals surface area contributed by atoms with Crippen molar-refractivity contribution in [3.63, 3.8) is 0 Å². The van der Waals surface area contributed by atoms with Gasteiger partial charge in [-0.1, -0.05) is 48.5 Å². The quantitative estimate of drug-likeness (QED) is 0.866. The molecule has 20 heavy (non-hydrogen) atoms. The molecule has 0 bridgehead atoms. The molecule has 1 unspecified atom stereocenters. The van der Waals surface area contributed by atoms with Gasteiger partial charge in [0, 0.05) is 12.7 Å². The van der Waals surface area contributed by atoms with Crippen LogP contribution in [0.2, 0.25) is 0 Å². The second-order valence-electron chi connectivity index (χ2n) is 4.97. The maximum atomic E-state index is 12.3. The van der Waals surface area contributed by atoms with E-state index < -0.39 is 0 Å². The van der Waals surface area contributed by atoms with Crippen molar-refractivity contribution >= 4 is 11.6 Å². The molecule has 2 N–H and O–H groups in total. The number of anilines is 1. The van der Waals surface area contributed by atoms with Crippen molar-refractivity contribution in [3.8, 4) is 0 Å². The fourth-order valence-corrected chi connectivity index (χ4v) is 2.15. The fourth-order valence-electron chi connectivity index (χ4n) is 2.15. The third-order valence-electron chi connectivity index (χ3n) is 3.65. The topological polar surface area (TPSA) is 46.3 Å². The first-order chi connectivity index (χ1) is 9.59. The standard InChI is InChI=1S/C17H20N2O/c1-13(14-8-4-3-5-9-14)19(2)17(20)12-15-10-6-7-11-16(15)18/h3-11,13H,12,18H2,1-2H3. The molecule has 0 aromatic heterocycles. The minimum atomic E-state index is 0.0497. The van der Waals surface area contributed by atoms with Crippen molar-refractivity contribution in [2.45, 2.75) is 19.4 Å². The van der Waals surface area contributed by atoms with Crippen molar-refractivity contribution in [3.05, 3.63) is 65.7 Å². The predicted octanol–water partition coefficient (Wildman–Crippen LogP) is 3.03. The van der Waals surface area contributed by atoms with E-state index >= 15 is 0 Å². The first-order valence-corrected chi connectivity index (χ1v) is 6.73. The van der Waals surface area contributed by atoms with Crippen LogP contribution in [0.4, 0.5) is 5.69 Å². The van der Waals surface area contributed by atoms with Gasteiger partial charge in [-0.15, -0.1) is 0 Å². The number of hydrogen-bond acceptors (Lipinski definition) is 2. The molecule has 2 rings (SSSR count). The van der Waals surface area contributed by atoms with Crippen LogP contribution in [-0.2, 0) is 11.2 Å². The molecule has 1 atom stereocenters. The highest BCUT2D eigenvalue weighted by Crippen LogP contribution is 2.20. The summed E-state index contributed by atoms with van der Waals surface area (Å²) in [4.78, 5) is 14.1. The van der Waals surface area contributed by atoms with Gasteiger partial charge in [0.2, 0.25) is 5.91 Å². The summed E-state index contributed by atoms with van der Waals surface area (Å²) in [6.07, 6.45) is 0.334. The first-order valence-electron chi connectivity index (χ1n) is 6.73. The highest BCUT2D eigenvalue weighted by atomic mass is 16.2. The number of nitrogens with zero attached hydrogens (tertiary/aromatic N) is 1. The number of rotatable bonds is 4. The Morgan fingerprint density at radius 3 is 2.35 bits per heavy atom. The third kappa shape index (κ3) is 3.18. The van der Waals surface area contributed by atoms with Crippen molar-refractivity contribution in [1.29, 1.82) is 0 Å². The number of carbonyl (C=O) groups excluding carboxylic acids is 1. The molecule has 3 nitrogen and oxygen atoms in total. The summed E-state index contributed by atoms with van der Waals surface area (Å²) in [6, 6.07) is 17.6. The van der Waals surface area contributed by atoms with E-state index in [2.05, 4.69) is 0 Å². The zero-order chi connectivity index (χ0) is 14.5. The molecule has 0 spiro atoms. The molecule has 2 aromatic rings. The zero-order valence-electron chi connectivity index (χ0n) is 11.9. The molecule has 3 heteroatoms. The number of amides is 1. The van der Waals surface area contributed by atoms with E-state index in [-0.39, 0.29) is 11.9 Å². The Bertz CT molecular complexity index is 581. The summed E-state index contributed by atoms with van der Waals surface area (Å²) in [5, 5.41) is 0. The van der Waals surface area contributed by atoms with Gasteiger partial charge in [0.15, 0.2) is 0 Å². The Morgan fingerprint density at radius 2 is 1.70 bits per heavy atom. The van der Waals surface area contributed by atoms with E-state index in [9.17, 15) is 4.79 Å². The van der Waals surface area contributed by atoms with Crippen LogP contribution in [0.15, 0.2) is 54.6 Å². The van der Waals surface area contributed by atoms with Crippen molar-refractivity contribution in [2.75, 3.05) is 12.8 Å². The maximum absolute atomic E-state index is 12.3. The first kappa shape index (κ1) is 14.1. The Hall–Kier alpha value is -2.29. The summed E-state index contributed by atoms with van der Waals surface area (Å²) >= 11 is 0. The molecule has 0 aliphatic heterocycles. The third-order valence-corrected chi connectivity index (χ3v) is 3.65. The van der Waals surface area contributed by atoms with Crippen LogP contribution in [0.1, 0.15) is 24.1 Å². The highest BCUT2D eigenvalue weighted by molar-refractivity contribution is 5.80. The molecule has 1 amide bonds. The van der Waals surface area contributed by atoms with Gasteiger partial charge >= 0.3 is 0 Å².